The Morgan fingerprint density at radius 2 is 1.69 bits per heavy atom. The lowest BCUT2D eigenvalue weighted by Gasteiger charge is -2.29. The molecule has 25 heteroatoms. The number of anilines is 4. The number of rotatable bonds is 30. The molecular weight excluding hydrogens is 1140 g/mol. The Balaban J connectivity index is 0.595. The summed E-state index contributed by atoms with van der Waals surface area (Å²) in [4.78, 5) is 91.0. The van der Waals surface area contributed by atoms with E-state index in [0.717, 1.165) is 71.5 Å². The average Bonchev–Trinajstić information content (AvgIpc) is 2.58. The maximum atomic E-state index is 15.2. The third-order valence-electron chi connectivity index (χ3n) is 14.9. The number of carbonyl (C=O) groups is 6. The number of fused-ring (bicyclic) bond motifs is 3. The van der Waals surface area contributed by atoms with E-state index in [-0.39, 0.29) is 85.2 Å². The molecule has 0 radical (unpaired) electrons. The molecule has 22 nitrogen and oxygen atoms in total. The number of carboxylic acid groups (broad SMARTS) is 1. The fourth-order valence-electron chi connectivity index (χ4n) is 10.3. The van der Waals surface area contributed by atoms with Gasteiger partial charge in [0.2, 0.25) is 11.8 Å². The Kier molecular flexibility index (Phi) is 22.3. The molecule has 1 unspecified atom stereocenters. The molecule has 0 saturated carbocycles. The number of carboxylic acids is 1. The van der Waals surface area contributed by atoms with Gasteiger partial charge in [-0.2, -0.15) is 0 Å². The number of hydrogen-bond acceptors (Lipinski definition) is 19. The minimum absolute atomic E-state index is 0.0258. The molecule has 6 N–H and O–H groups in total. The predicted octanol–water partition coefficient (Wildman–Crippen LogP) is 7.29. The molecule has 454 valence electrons. The Labute approximate surface area is 506 Å². The fraction of sp³-hybridized carbons (Fsp3) is 0.443. The number of aryl methyl sites for hydroxylation is 1. The van der Waals surface area contributed by atoms with E-state index in [1.807, 2.05) is 43.0 Å². The lowest BCUT2D eigenvalue weighted by atomic mass is 10.0. The lowest BCUT2D eigenvalue weighted by molar-refractivity contribution is -0.125. The van der Waals surface area contributed by atoms with Crippen molar-refractivity contribution in [1.82, 2.24) is 51.2 Å². The fourth-order valence-corrected chi connectivity index (χ4v) is 12.3. The molecule has 3 aromatic heterocycles. The summed E-state index contributed by atoms with van der Waals surface area (Å²) in [7, 11) is 0. The van der Waals surface area contributed by atoms with Crippen molar-refractivity contribution in [3.63, 3.8) is 0 Å². The number of thiazole rings is 2. The van der Waals surface area contributed by atoms with Gasteiger partial charge in [-0.1, -0.05) is 61.1 Å². The van der Waals surface area contributed by atoms with Crippen molar-refractivity contribution in [2.24, 2.45) is 0 Å². The Morgan fingerprint density at radius 1 is 0.872 bits per heavy atom. The standard InChI is InChI=1S/C61H71FN12O10S2/c1-3-72(32-28-64-50(75)23-6-4-5-7-24-51(76)65-29-34-82-38-66-52(77)37-84-47-20-10-17-43-53(47)58(79)74(57(43)78)41-16-11-27-63-36-41)30-12-15-40-25-26-46(44(62)35-40)83-33-14-22-49-54(59(80)81)68-61(86-49)73-31-13-18-42-39(2)55(70-71-56(42)73)69-60-67-45-19-8-9-21-48(45)85-60/h8-10,17,19-21,25-26,35,41,63H,3-7,11,13-14,16,18,22-24,27-34,36-38H2,1-2H3,(H,64,75)(H,65,76)(H,66,77)(H,80,81)(H,67,69,70). The van der Waals surface area contributed by atoms with Gasteiger partial charge < -0.3 is 50.8 Å². The SMILES string of the molecule is CCN(CC#Cc1ccc(OCCCc2sc(N3CCCc4c3nnc(Nc3nc5ccccc5s3)c4C)nc2C(=O)O)c(F)c1)CCNC(=O)CCCCCCC(=O)NCCOCNC(=O)COc1cccc2c1C(=O)N(C1CCCNC1)C2=O. The maximum Gasteiger partial charge on any atom is 0.355 e. The van der Waals surface area contributed by atoms with Crippen molar-refractivity contribution in [2.45, 2.75) is 96.9 Å². The number of para-hydroxylation sites is 1. The molecule has 0 spiro atoms. The third kappa shape index (κ3) is 16.4. The maximum absolute atomic E-state index is 15.2. The Morgan fingerprint density at radius 3 is 2.45 bits per heavy atom. The first-order chi connectivity index (χ1) is 41.8. The lowest BCUT2D eigenvalue weighted by Crippen LogP contribution is -2.48. The number of imide groups is 1. The van der Waals surface area contributed by atoms with E-state index >= 15 is 4.39 Å². The highest BCUT2D eigenvalue weighted by molar-refractivity contribution is 7.22. The van der Waals surface area contributed by atoms with E-state index in [1.165, 1.54) is 39.7 Å². The molecule has 3 aromatic carbocycles. The van der Waals surface area contributed by atoms with Crippen LogP contribution < -0.4 is 41.0 Å². The minimum Gasteiger partial charge on any atom is -0.491 e. The van der Waals surface area contributed by atoms with Crippen LogP contribution in [0.15, 0.2) is 60.7 Å². The number of benzene rings is 3. The first kappa shape index (κ1) is 62.4. The number of carbonyl (C=O) groups excluding carboxylic acids is 5. The smallest absolute Gasteiger partial charge is 0.355 e. The van der Waals surface area contributed by atoms with Gasteiger partial charge in [-0.15, -0.1) is 21.5 Å². The second kappa shape index (κ2) is 30.8. The molecule has 86 heavy (non-hydrogen) atoms. The zero-order chi connectivity index (χ0) is 60.4. The number of nitrogens with zero attached hydrogens (tertiary/aromatic N) is 7. The van der Waals surface area contributed by atoms with E-state index in [0.29, 0.717) is 105 Å². The summed E-state index contributed by atoms with van der Waals surface area (Å²) in [5.41, 5.74) is 3.77. The molecule has 1 atom stereocenters. The van der Waals surface area contributed by atoms with Crippen LogP contribution in [0, 0.1) is 24.6 Å². The van der Waals surface area contributed by atoms with E-state index in [9.17, 15) is 33.9 Å². The van der Waals surface area contributed by atoms with Crippen LogP contribution in [0.1, 0.15) is 124 Å². The molecule has 1 fully saturated rings. The number of nitrogens with one attached hydrogen (secondary N) is 5. The first-order valence-corrected chi connectivity index (χ1v) is 30.8. The van der Waals surface area contributed by atoms with E-state index < -0.39 is 23.6 Å². The van der Waals surface area contributed by atoms with Crippen molar-refractivity contribution in [1.29, 1.82) is 0 Å². The number of likely N-dealkylation sites (N-methyl/N-ethyl adjacent to an activating group) is 1. The zero-order valence-corrected chi connectivity index (χ0v) is 49.9. The summed E-state index contributed by atoms with van der Waals surface area (Å²) in [5, 5.41) is 35.4. The number of amides is 5. The topological polar surface area (TPSA) is 272 Å². The van der Waals surface area contributed by atoms with Crippen LogP contribution in [0.5, 0.6) is 11.5 Å². The van der Waals surface area contributed by atoms with Crippen LogP contribution in [0.2, 0.25) is 0 Å². The Hall–Kier alpha value is -8.15. The Bertz CT molecular complexity index is 3440. The molecule has 6 aromatic rings. The highest BCUT2D eigenvalue weighted by Gasteiger charge is 2.42. The van der Waals surface area contributed by atoms with E-state index in [1.54, 1.807) is 24.3 Å². The van der Waals surface area contributed by atoms with Crippen LogP contribution in [0.25, 0.3) is 10.2 Å². The normalized spacial score (nSPS) is 14.6. The van der Waals surface area contributed by atoms with Crippen molar-refractivity contribution < 1.29 is 52.5 Å². The number of aromatic nitrogens is 4. The highest BCUT2D eigenvalue weighted by Crippen LogP contribution is 2.40. The first-order valence-electron chi connectivity index (χ1n) is 29.2. The minimum atomic E-state index is -1.13. The number of piperidine rings is 1. The molecule has 9 rings (SSSR count). The predicted molar refractivity (Wildman–Crippen MR) is 324 cm³/mol. The molecular formula is C61H71FN12O10S2. The summed E-state index contributed by atoms with van der Waals surface area (Å²) in [6.07, 6.45) is 7.71. The summed E-state index contributed by atoms with van der Waals surface area (Å²) in [6, 6.07) is 17.0. The second-order valence-corrected chi connectivity index (χ2v) is 23.0. The number of aromatic carboxylic acids is 1. The van der Waals surface area contributed by atoms with Crippen LogP contribution in [0.4, 0.5) is 26.3 Å². The van der Waals surface area contributed by atoms with E-state index in [2.05, 4.69) is 63.5 Å². The van der Waals surface area contributed by atoms with Gasteiger partial charge >= 0.3 is 5.97 Å². The van der Waals surface area contributed by atoms with Crippen LogP contribution in [-0.4, -0.2) is 156 Å². The summed E-state index contributed by atoms with van der Waals surface area (Å²) in [6.45, 7) is 8.28. The van der Waals surface area contributed by atoms with Gasteiger partial charge in [0.1, 0.15) is 12.5 Å². The molecule has 3 aliphatic heterocycles. The van der Waals surface area contributed by atoms with Gasteiger partial charge in [0.15, 0.2) is 45.8 Å². The van der Waals surface area contributed by atoms with Crippen LogP contribution >= 0.6 is 22.7 Å². The zero-order valence-electron chi connectivity index (χ0n) is 48.3. The summed E-state index contributed by atoms with van der Waals surface area (Å²) in [5.74, 6) is 4.54. The number of unbranched alkanes of at least 4 members (excludes halogenated alkanes) is 3. The summed E-state index contributed by atoms with van der Waals surface area (Å²) < 4.78 is 33.1. The number of ether oxygens (including phenoxy) is 3. The quantitative estimate of drug-likeness (QED) is 0.0112. The second-order valence-electron chi connectivity index (χ2n) is 20.9. The largest absolute Gasteiger partial charge is 0.491 e. The van der Waals surface area contributed by atoms with Crippen molar-refractivity contribution in [3.05, 3.63) is 105 Å². The van der Waals surface area contributed by atoms with E-state index in [4.69, 9.17) is 14.2 Å². The molecule has 5 amide bonds. The van der Waals surface area contributed by atoms with Gasteiger partial charge in [-0.3, -0.25) is 33.8 Å². The molecule has 0 bridgehead atoms. The van der Waals surface area contributed by atoms with Crippen molar-refractivity contribution in [2.75, 3.05) is 89.1 Å². The highest BCUT2D eigenvalue weighted by atomic mass is 32.1. The molecule has 6 heterocycles. The third-order valence-corrected chi connectivity index (χ3v) is 17.0. The van der Waals surface area contributed by atoms with Crippen LogP contribution in [-0.2, 0) is 32.0 Å². The molecule has 1 saturated heterocycles. The number of hydrogen-bond donors (Lipinski definition) is 6. The van der Waals surface area contributed by atoms with Gasteiger partial charge in [0.25, 0.3) is 17.7 Å². The van der Waals surface area contributed by atoms with Gasteiger partial charge in [0.05, 0.1) is 47.1 Å². The van der Waals surface area contributed by atoms with Gasteiger partial charge in [-0.25, -0.2) is 19.2 Å². The van der Waals surface area contributed by atoms with Gasteiger partial charge in [-0.05, 0) is 114 Å². The van der Waals surface area contributed by atoms with Crippen molar-refractivity contribution in [3.8, 4) is 23.3 Å². The molecule has 3 aliphatic rings. The van der Waals surface area contributed by atoms with Crippen LogP contribution in [0.3, 0.4) is 0 Å². The van der Waals surface area contributed by atoms with Gasteiger partial charge in [0, 0.05) is 67.1 Å². The average molecular weight is 1220 g/mol. The summed E-state index contributed by atoms with van der Waals surface area (Å²) >= 11 is 2.84. The van der Waals surface area contributed by atoms with Crippen molar-refractivity contribution >= 4 is 90.3 Å². The number of halogens is 1. The monoisotopic (exact) mass is 1210 g/mol. The molecule has 0 aliphatic carbocycles.